The highest BCUT2D eigenvalue weighted by Crippen LogP contribution is 2.44. The first-order chi connectivity index (χ1) is 12.7. The molecule has 1 saturated heterocycles. The molecule has 1 fully saturated rings. The molecule has 0 N–H and O–H groups in total. The van der Waals surface area contributed by atoms with Gasteiger partial charge in [0.2, 0.25) is 0 Å². The summed E-state index contributed by atoms with van der Waals surface area (Å²) in [7, 11) is 1.65. The average molecular weight is 378 g/mol. The van der Waals surface area contributed by atoms with Crippen molar-refractivity contribution in [3.05, 3.63) is 75.5 Å². The second-order valence-corrected chi connectivity index (χ2v) is 8.41. The summed E-state index contributed by atoms with van der Waals surface area (Å²) >= 11 is 3.52. The maximum atomic E-state index is 9.93. The molecule has 1 unspecified atom stereocenters. The molecular weight excluding hydrogens is 358 g/mol. The van der Waals surface area contributed by atoms with Crippen LogP contribution >= 0.6 is 23.5 Å². The maximum absolute atomic E-state index is 9.93. The molecule has 2 aromatic carbocycles. The number of nitrogens with zero attached hydrogens (tertiary/aromatic N) is 1. The van der Waals surface area contributed by atoms with Crippen LogP contribution < -0.4 is 4.74 Å². The van der Waals surface area contributed by atoms with E-state index in [1.54, 1.807) is 30.6 Å². The molecular formula is C22H19NOS2. The van der Waals surface area contributed by atoms with Crippen LogP contribution in [-0.2, 0) is 5.41 Å². The van der Waals surface area contributed by atoms with Gasteiger partial charge in [0.1, 0.15) is 5.75 Å². The summed E-state index contributed by atoms with van der Waals surface area (Å²) in [5, 5.41) is 9.93. The molecule has 1 aliphatic rings. The van der Waals surface area contributed by atoms with Crippen LogP contribution in [0.1, 0.15) is 18.1 Å². The van der Waals surface area contributed by atoms with Crippen molar-refractivity contribution in [3.8, 4) is 23.7 Å². The Bertz CT molecular complexity index is 893. The highest BCUT2D eigenvalue weighted by molar-refractivity contribution is 8.25. The van der Waals surface area contributed by atoms with E-state index in [9.17, 15) is 5.26 Å². The Balaban J connectivity index is 2.09. The Hall–Kier alpha value is -2.27. The first-order valence-electron chi connectivity index (χ1n) is 8.30. The molecule has 2 nitrogen and oxygen atoms in total. The highest BCUT2D eigenvalue weighted by Gasteiger charge is 2.33. The SMILES string of the molecule is COc1ccc(C#CC(C)(C(C#N)=C2SCCS2)c2ccccc2)cc1. The van der Waals surface area contributed by atoms with Crippen LogP contribution in [0.4, 0.5) is 0 Å². The molecule has 0 saturated carbocycles. The predicted octanol–water partition coefficient (Wildman–Crippen LogP) is 5.22. The molecule has 1 heterocycles. The molecule has 0 spiro atoms. The number of hydrogen-bond donors (Lipinski definition) is 0. The van der Waals surface area contributed by atoms with Gasteiger partial charge in [0.25, 0.3) is 0 Å². The fourth-order valence-corrected chi connectivity index (χ4v) is 5.40. The lowest BCUT2D eigenvalue weighted by Crippen LogP contribution is -2.23. The van der Waals surface area contributed by atoms with Gasteiger partial charge < -0.3 is 4.74 Å². The van der Waals surface area contributed by atoms with Crippen LogP contribution in [0.15, 0.2) is 64.4 Å². The van der Waals surface area contributed by atoms with E-state index < -0.39 is 5.41 Å². The Kier molecular flexibility index (Phi) is 5.99. The maximum Gasteiger partial charge on any atom is 0.118 e. The van der Waals surface area contributed by atoms with Crippen molar-refractivity contribution in [2.45, 2.75) is 12.3 Å². The summed E-state index contributed by atoms with van der Waals surface area (Å²) in [5.41, 5.74) is 2.05. The van der Waals surface area contributed by atoms with Crippen LogP contribution in [-0.4, -0.2) is 18.6 Å². The van der Waals surface area contributed by atoms with Crippen molar-refractivity contribution < 1.29 is 4.74 Å². The quantitative estimate of drug-likeness (QED) is 0.542. The van der Waals surface area contributed by atoms with Gasteiger partial charge in [0.15, 0.2) is 0 Å². The van der Waals surface area contributed by atoms with Crippen LogP contribution in [0, 0.1) is 23.2 Å². The number of benzene rings is 2. The topological polar surface area (TPSA) is 33.0 Å². The molecule has 4 heteroatoms. The van der Waals surface area contributed by atoms with E-state index in [-0.39, 0.29) is 0 Å². The standard InChI is InChI=1S/C22H19NOS2/c1-22(18-6-4-3-5-7-18,20(16-23)21-25-14-15-26-21)13-12-17-8-10-19(24-2)11-9-17/h3-11H,14-15H2,1-2H3. The molecule has 0 radical (unpaired) electrons. The largest absolute Gasteiger partial charge is 0.497 e. The summed E-state index contributed by atoms with van der Waals surface area (Å²) in [6.07, 6.45) is 0. The lowest BCUT2D eigenvalue weighted by Gasteiger charge is -2.25. The van der Waals surface area contributed by atoms with E-state index in [1.807, 2.05) is 61.5 Å². The average Bonchev–Trinajstić information content (AvgIpc) is 3.22. The fraction of sp³-hybridized carbons (Fsp3) is 0.227. The van der Waals surface area contributed by atoms with Gasteiger partial charge in [-0.05, 0) is 36.8 Å². The lowest BCUT2D eigenvalue weighted by atomic mass is 9.77. The number of ether oxygens (including phenoxy) is 1. The first-order valence-corrected chi connectivity index (χ1v) is 10.3. The van der Waals surface area contributed by atoms with E-state index >= 15 is 0 Å². The Morgan fingerprint density at radius 3 is 2.27 bits per heavy atom. The van der Waals surface area contributed by atoms with Crippen molar-refractivity contribution in [3.63, 3.8) is 0 Å². The minimum Gasteiger partial charge on any atom is -0.497 e. The molecule has 1 aliphatic heterocycles. The fourth-order valence-electron chi connectivity index (χ4n) is 2.74. The Morgan fingerprint density at radius 2 is 1.69 bits per heavy atom. The predicted molar refractivity (Wildman–Crippen MR) is 111 cm³/mol. The Labute approximate surface area is 163 Å². The lowest BCUT2D eigenvalue weighted by molar-refractivity contribution is 0.415. The van der Waals surface area contributed by atoms with Gasteiger partial charge in [-0.1, -0.05) is 42.2 Å². The van der Waals surface area contributed by atoms with Crippen LogP contribution in [0.5, 0.6) is 5.75 Å². The zero-order chi connectivity index (χ0) is 18.4. The summed E-state index contributed by atoms with van der Waals surface area (Å²) in [5.74, 6) is 9.55. The van der Waals surface area contributed by atoms with Crippen molar-refractivity contribution >= 4 is 23.5 Å². The minimum absolute atomic E-state index is 0.643. The van der Waals surface area contributed by atoms with Gasteiger partial charge >= 0.3 is 0 Å². The summed E-state index contributed by atoms with van der Waals surface area (Å²) in [6, 6.07) is 20.2. The minimum atomic E-state index is -0.643. The first kappa shape index (κ1) is 18.5. The number of nitriles is 1. The molecule has 3 rings (SSSR count). The monoisotopic (exact) mass is 377 g/mol. The number of methoxy groups -OCH3 is 1. The molecule has 0 aliphatic carbocycles. The third-order valence-electron chi connectivity index (χ3n) is 4.26. The third-order valence-corrected chi connectivity index (χ3v) is 6.98. The van der Waals surface area contributed by atoms with Gasteiger partial charge in [-0.15, -0.1) is 23.5 Å². The number of rotatable bonds is 3. The van der Waals surface area contributed by atoms with Crippen LogP contribution in [0.25, 0.3) is 0 Å². The molecule has 0 aromatic heterocycles. The summed E-state index contributed by atoms with van der Waals surface area (Å²) in [4.78, 5) is 0. The van der Waals surface area contributed by atoms with E-state index in [1.165, 1.54) is 0 Å². The summed E-state index contributed by atoms with van der Waals surface area (Å²) in [6.45, 7) is 2.05. The van der Waals surface area contributed by atoms with Gasteiger partial charge in [-0.2, -0.15) is 5.26 Å². The second-order valence-electron chi connectivity index (χ2n) is 5.94. The van der Waals surface area contributed by atoms with Gasteiger partial charge in [-0.25, -0.2) is 0 Å². The van der Waals surface area contributed by atoms with Crippen LogP contribution in [0.3, 0.4) is 0 Å². The smallest absolute Gasteiger partial charge is 0.118 e. The van der Waals surface area contributed by atoms with E-state index in [0.717, 1.165) is 38.2 Å². The molecule has 26 heavy (non-hydrogen) atoms. The van der Waals surface area contributed by atoms with Gasteiger partial charge in [-0.3, -0.25) is 0 Å². The van der Waals surface area contributed by atoms with E-state index in [4.69, 9.17) is 4.74 Å². The van der Waals surface area contributed by atoms with E-state index in [0.29, 0.717) is 0 Å². The molecule has 0 bridgehead atoms. The number of thioether (sulfide) groups is 2. The second kappa shape index (κ2) is 8.41. The summed E-state index contributed by atoms with van der Waals surface area (Å²) < 4.78 is 6.30. The van der Waals surface area contributed by atoms with Crippen molar-refractivity contribution in [1.29, 1.82) is 5.26 Å². The number of hydrogen-bond acceptors (Lipinski definition) is 4. The molecule has 1 atom stereocenters. The zero-order valence-corrected chi connectivity index (χ0v) is 16.4. The Morgan fingerprint density at radius 1 is 1.04 bits per heavy atom. The van der Waals surface area contributed by atoms with Crippen molar-refractivity contribution in [1.82, 2.24) is 0 Å². The van der Waals surface area contributed by atoms with Crippen molar-refractivity contribution in [2.75, 3.05) is 18.6 Å². The molecule has 0 amide bonds. The van der Waals surface area contributed by atoms with E-state index in [2.05, 4.69) is 17.9 Å². The van der Waals surface area contributed by atoms with Crippen molar-refractivity contribution in [2.24, 2.45) is 0 Å². The molecule has 2 aromatic rings. The van der Waals surface area contributed by atoms with Gasteiger partial charge in [0, 0.05) is 17.1 Å². The number of allylic oxidation sites excluding steroid dienone is 1. The zero-order valence-electron chi connectivity index (χ0n) is 14.8. The van der Waals surface area contributed by atoms with Crippen LogP contribution in [0.2, 0.25) is 0 Å². The highest BCUT2D eigenvalue weighted by atomic mass is 32.2. The third kappa shape index (κ3) is 3.93. The van der Waals surface area contributed by atoms with Gasteiger partial charge in [0.05, 0.1) is 28.4 Å². The normalized spacial score (nSPS) is 15.3. The molecule has 130 valence electrons.